The first kappa shape index (κ1) is 12.1. The fourth-order valence-electron chi connectivity index (χ4n) is 1.05. The quantitative estimate of drug-likeness (QED) is 0.345. The Kier molecular flexibility index (Phi) is 3.82. The molecule has 0 aliphatic rings. The normalized spacial score (nSPS) is 10.7. The van der Waals surface area contributed by atoms with Crippen LogP contribution in [0.5, 0.6) is 5.75 Å². The minimum Gasteiger partial charge on any atom is -0.488 e. The second-order valence-electron chi connectivity index (χ2n) is 3.99. The molecule has 5 heteroatoms. The standard InChI is InChI=1S/C10H12IN3O/c1-10(2,3)15-8-6-4-5-7(11)9(8)13-14-12/h4-6H,1-3H3. The molecular weight excluding hydrogens is 305 g/mol. The molecule has 0 atom stereocenters. The number of halogens is 1. The summed E-state index contributed by atoms with van der Waals surface area (Å²) in [6, 6.07) is 5.55. The second kappa shape index (κ2) is 4.72. The van der Waals surface area contributed by atoms with Crippen molar-refractivity contribution in [2.45, 2.75) is 26.4 Å². The number of nitrogens with zero attached hydrogens (tertiary/aromatic N) is 3. The summed E-state index contributed by atoms with van der Waals surface area (Å²) in [5, 5.41) is 3.64. The molecule has 0 aliphatic carbocycles. The Morgan fingerprint density at radius 1 is 1.40 bits per heavy atom. The highest BCUT2D eigenvalue weighted by atomic mass is 127. The predicted molar refractivity (Wildman–Crippen MR) is 68.3 cm³/mol. The first-order chi connectivity index (χ1) is 6.94. The Balaban J connectivity index is 3.17. The zero-order valence-electron chi connectivity index (χ0n) is 8.86. The summed E-state index contributed by atoms with van der Waals surface area (Å²) in [5.41, 5.74) is 8.72. The van der Waals surface area contributed by atoms with E-state index in [1.54, 1.807) is 6.07 Å². The van der Waals surface area contributed by atoms with Crippen LogP contribution in [0.3, 0.4) is 0 Å². The molecule has 4 nitrogen and oxygen atoms in total. The minimum absolute atomic E-state index is 0.301. The second-order valence-corrected chi connectivity index (χ2v) is 5.15. The van der Waals surface area contributed by atoms with E-state index in [9.17, 15) is 0 Å². The van der Waals surface area contributed by atoms with E-state index in [2.05, 4.69) is 32.6 Å². The fourth-order valence-corrected chi connectivity index (χ4v) is 1.63. The maximum absolute atomic E-state index is 8.47. The van der Waals surface area contributed by atoms with Crippen molar-refractivity contribution in [2.24, 2.45) is 5.11 Å². The van der Waals surface area contributed by atoms with Crippen molar-refractivity contribution in [2.75, 3.05) is 0 Å². The van der Waals surface area contributed by atoms with Gasteiger partial charge in [-0.1, -0.05) is 11.2 Å². The van der Waals surface area contributed by atoms with Gasteiger partial charge in [-0.25, -0.2) is 0 Å². The number of benzene rings is 1. The van der Waals surface area contributed by atoms with Gasteiger partial charge in [-0.3, -0.25) is 0 Å². The number of rotatable bonds is 2. The van der Waals surface area contributed by atoms with E-state index in [1.165, 1.54) is 0 Å². The lowest BCUT2D eigenvalue weighted by Gasteiger charge is -2.22. The largest absolute Gasteiger partial charge is 0.488 e. The molecule has 1 aromatic rings. The summed E-state index contributed by atoms with van der Waals surface area (Å²) in [6.07, 6.45) is 0. The van der Waals surface area contributed by atoms with Gasteiger partial charge >= 0.3 is 0 Å². The summed E-state index contributed by atoms with van der Waals surface area (Å²) >= 11 is 2.12. The molecule has 0 unspecified atom stereocenters. The van der Waals surface area contributed by atoms with Crippen LogP contribution in [-0.4, -0.2) is 5.60 Å². The van der Waals surface area contributed by atoms with Crippen LogP contribution in [0.25, 0.3) is 10.4 Å². The lowest BCUT2D eigenvalue weighted by molar-refractivity contribution is 0.131. The topological polar surface area (TPSA) is 58.0 Å². The zero-order chi connectivity index (χ0) is 11.5. The molecule has 0 radical (unpaired) electrons. The summed E-state index contributed by atoms with van der Waals surface area (Å²) < 4.78 is 6.58. The van der Waals surface area contributed by atoms with Gasteiger partial charge in [-0.2, -0.15) is 0 Å². The third-order valence-electron chi connectivity index (χ3n) is 1.51. The monoisotopic (exact) mass is 317 g/mol. The Hall–Kier alpha value is -0.940. The van der Waals surface area contributed by atoms with Crippen molar-refractivity contribution in [1.29, 1.82) is 0 Å². The van der Waals surface area contributed by atoms with Crippen LogP contribution in [0.15, 0.2) is 23.3 Å². The zero-order valence-corrected chi connectivity index (χ0v) is 11.0. The van der Waals surface area contributed by atoms with Gasteiger partial charge in [0.15, 0.2) is 0 Å². The molecule has 0 aromatic heterocycles. The molecule has 80 valence electrons. The predicted octanol–water partition coefficient (Wildman–Crippen LogP) is 4.41. The Morgan fingerprint density at radius 3 is 2.60 bits per heavy atom. The van der Waals surface area contributed by atoms with E-state index >= 15 is 0 Å². The highest BCUT2D eigenvalue weighted by Gasteiger charge is 2.15. The van der Waals surface area contributed by atoms with Crippen LogP contribution < -0.4 is 4.74 Å². The third kappa shape index (κ3) is 3.60. The van der Waals surface area contributed by atoms with Crippen LogP contribution in [-0.2, 0) is 0 Å². The molecular formula is C10H12IN3O. The average molecular weight is 317 g/mol. The van der Waals surface area contributed by atoms with E-state index in [0.29, 0.717) is 11.4 Å². The smallest absolute Gasteiger partial charge is 0.130 e. The molecule has 0 heterocycles. The van der Waals surface area contributed by atoms with Crippen molar-refractivity contribution in [3.63, 3.8) is 0 Å². The molecule has 0 saturated carbocycles. The van der Waals surface area contributed by atoms with Crippen molar-refractivity contribution in [3.05, 3.63) is 32.2 Å². The van der Waals surface area contributed by atoms with Crippen molar-refractivity contribution in [3.8, 4) is 5.75 Å². The summed E-state index contributed by atoms with van der Waals surface area (Å²) in [4.78, 5) is 2.80. The van der Waals surface area contributed by atoms with Gasteiger partial charge in [-0.05, 0) is 61.0 Å². The van der Waals surface area contributed by atoms with E-state index in [-0.39, 0.29) is 5.60 Å². The van der Waals surface area contributed by atoms with E-state index < -0.39 is 0 Å². The summed E-state index contributed by atoms with van der Waals surface area (Å²) in [7, 11) is 0. The maximum Gasteiger partial charge on any atom is 0.130 e. The Bertz CT molecular complexity index is 406. The van der Waals surface area contributed by atoms with Crippen molar-refractivity contribution in [1.82, 2.24) is 0 Å². The van der Waals surface area contributed by atoms with Gasteiger partial charge < -0.3 is 4.74 Å². The van der Waals surface area contributed by atoms with E-state index in [0.717, 1.165) is 3.57 Å². The highest BCUT2D eigenvalue weighted by Crippen LogP contribution is 2.34. The molecule has 0 N–H and O–H groups in total. The van der Waals surface area contributed by atoms with E-state index in [4.69, 9.17) is 10.3 Å². The maximum atomic E-state index is 8.47. The lowest BCUT2D eigenvalue weighted by atomic mass is 10.2. The van der Waals surface area contributed by atoms with Crippen molar-refractivity contribution >= 4 is 28.3 Å². The molecule has 1 rings (SSSR count). The number of ether oxygens (including phenoxy) is 1. The third-order valence-corrected chi connectivity index (χ3v) is 2.38. The average Bonchev–Trinajstić information content (AvgIpc) is 2.08. The minimum atomic E-state index is -0.301. The first-order valence-electron chi connectivity index (χ1n) is 4.46. The SMILES string of the molecule is CC(C)(C)Oc1cccc(I)c1N=[N+]=[N-]. The van der Waals surface area contributed by atoms with Gasteiger partial charge in [0.25, 0.3) is 0 Å². The van der Waals surface area contributed by atoms with Crippen LogP contribution in [0.1, 0.15) is 20.8 Å². The molecule has 0 aliphatic heterocycles. The van der Waals surface area contributed by atoms with Crippen LogP contribution >= 0.6 is 22.6 Å². The molecule has 0 amide bonds. The van der Waals surface area contributed by atoms with Crippen LogP contribution in [0.4, 0.5) is 5.69 Å². The summed E-state index contributed by atoms with van der Waals surface area (Å²) in [6.45, 7) is 5.85. The molecule has 1 aromatic carbocycles. The van der Waals surface area contributed by atoms with Crippen molar-refractivity contribution < 1.29 is 4.74 Å². The Labute approximate surface area is 102 Å². The molecule has 0 fully saturated rings. The first-order valence-corrected chi connectivity index (χ1v) is 5.54. The molecule has 0 bridgehead atoms. The van der Waals surface area contributed by atoms with Gasteiger partial charge in [0.1, 0.15) is 11.4 Å². The van der Waals surface area contributed by atoms with Crippen LogP contribution in [0.2, 0.25) is 0 Å². The number of hydrogen-bond donors (Lipinski definition) is 0. The van der Waals surface area contributed by atoms with Gasteiger partial charge in [0.2, 0.25) is 0 Å². The lowest BCUT2D eigenvalue weighted by Crippen LogP contribution is -2.23. The molecule has 15 heavy (non-hydrogen) atoms. The number of hydrogen-bond acceptors (Lipinski definition) is 2. The molecule has 0 spiro atoms. The summed E-state index contributed by atoms with van der Waals surface area (Å²) in [5.74, 6) is 0.618. The van der Waals surface area contributed by atoms with Gasteiger partial charge in [-0.15, -0.1) is 0 Å². The molecule has 0 saturated heterocycles. The van der Waals surface area contributed by atoms with Gasteiger partial charge in [0.05, 0.1) is 5.69 Å². The fraction of sp³-hybridized carbons (Fsp3) is 0.400. The van der Waals surface area contributed by atoms with Gasteiger partial charge in [0, 0.05) is 8.48 Å². The van der Waals surface area contributed by atoms with E-state index in [1.807, 2.05) is 32.9 Å². The number of azide groups is 1. The van der Waals surface area contributed by atoms with Crippen LogP contribution in [0, 0.1) is 3.57 Å². The highest BCUT2D eigenvalue weighted by molar-refractivity contribution is 14.1. The Morgan fingerprint density at radius 2 is 2.07 bits per heavy atom.